The molecule has 0 unspecified atom stereocenters. The topological polar surface area (TPSA) is 116 Å². The number of nitro groups is 1. The lowest BCUT2D eigenvalue weighted by atomic mass is 10.1. The number of carbonyl (C=O) groups excluding carboxylic acids is 1. The number of nitro benzene ring substituents is 1. The Kier molecular flexibility index (Phi) is 6.66. The van der Waals surface area contributed by atoms with Crippen molar-refractivity contribution < 1.29 is 23.6 Å². The van der Waals surface area contributed by atoms with Crippen LogP contribution in [0.15, 0.2) is 58.0 Å². The van der Waals surface area contributed by atoms with E-state index >= 15 is 0 Å². The first kappa shape index (κ1) is 21.6. The molecule has 0 atom stereocenters. The summed E-state index contributed by atoms with van der Waals surface area (Å²) in [6, 6.07) is 13.2. The summed E-state index contributed by atoms with van der Waals surface area (Å²) in [5.74, 6) is 1.39. The van der Waals surface area contributed by atoms with E-state index in [0.717, 1.165) is 11.1 Å². The molecule has 0 fully saturated rings. The average molecular weight is 423 g/mol. The zero-order valence-electron chi connectivity index (χ0n) is 17.2. The van der Waals surface area contributed by atoms with Gasteiger partial charge in [0, 0.05) is 12.1 Å². The number of methoxy groups -OCH3 is 1. The van der Waals surface area contributed by atoms with Gasteiger partial charge in [-0.1, -0.05) is 18.2 Å². The molecule has 0 saturated heterocycles. The Morgan fingerprint density at radius 2 is 1.94 bits per heavy atom. The minimum atomic E-state index is -0.496. The molecule has 0 aliphatic carbocycles. The Bertz CT molecular complexity index is 1120. The first-order valence-corrected chi connectivity index (χ1v) is 9.32. The molecular weight excluding hydrogens is 402 g/mol. The van der Waals surface area contributed by atoms with Crippen molar-refractivity contribution in [2.45, 2.75) is 13.8 Å². The fourth-order valence-corrected chi connectivity index (χ4v) is 2.93. The number of nitrogens with zero attached hydrogens (tertiary/aromatic N) is 2. The van der Waals surface area contributed by atoms with Crippen LogP contribution in [0.3, 0.4) is 0 Å². The van der Waals surface area contributed by atoms with Gasteiger partial charge in [0.1, 0.15) is 23.0 Å². The van der Waals surface area contributed by atoms with E-state index in [1.165, 1.54) is 31.5 Å². The number of hydrogen-bond acceptors (Lipinski definition) is 7. The number of rotatable bonds is 8. The highest BCUT2D eigenvalue weighted by Crippen LogP contribution is 2.34. The summed E-state index contributed by atoms with van der Waals surface area (Å²) in [6.45, 7) is 3.63. The second-order valence-corrected chi connectivity index (χ2v) is 6.65. The molecule has 3 rings (SSSR count). The van der Waals surface area contributed by atoms with Crippen LogP contribution in [-0.2, 0) is 4.79 Å². The quantitative estimate of drug-likeness (QED) is 0.332. The van der Waals surface area contributed by atoms with Gasteiger partial charge in [0.2, 0.25) is 0 Å². The molecular formula is C22H21N3O6. The van der Waals surface area contributed by atoms with Crippen LogP contribution < -0.4 is 14.9 Å². The van der Waals surface area contributed by atoms with Crippen molar-refractivity contribution in [3.63, 3.8) is 0 Å². The van der Waals surface area contributed by atoms with E-state index in [0.29, 0.717) is 28.6 Å². The van der Waals surface area contributed by atoms with Crippen molar-refractivity contribution in [1.82, 2.24) is 5.43 Å². The second-order valence-electron chi connectivity index (χ2n) is 6.65. The predicted molar refractivity (Wildman–Crippen MR) is 114 cm³/mol. The van der Waals surface area contributed by atoms with Crippen molar-refractivity contribution in [3.05, 3.63) is 75.5 Å². The molecule has 31 heavy (non-hydrogen) atoms. The van der Waals surface area contributed by atoms with Crippen molar-refractivity contribution >= 4 is 17.8 Å². The average Bonchev–Trinajstić information content (AvgIpc) is 3.21. The van der Waals surface area contributed by atoms with Crippen LogP contribution in [0.2, 0.25) is 0 Å². The van der Waals surface area contributed by atoms with Crippen LogP contribution in [0.4, 0.5) is 5.69 Å². The SMILES string of the molecule is COc1ccc([N+](=O)[O-])cc1-c1ccc(/C=N\NC(=O)COc2c(C)cccc2C)o1. The fraction of sp³-hybridized carbons (Fsp3) is 0.182. The van der Waals surface area contributed by atoms with Crippen LogP contribution in [0.1, 0.15) is 16.9 Å². The van der Waals surface area contributed by atoms with Gasteiger partial charge in [-0.15, -0.1) is 0 Å². The predicted octanol–water partition coefficient (Wildman–Crippen LogP) is 4.01. The van der Waals surface area contributed by atoms with Crippen LogP contribution >= 0.6 is 0 Å². The van der Waals surface area contributed by atoms with Crippen LogP contribution in [0.5, 0.6) is 11.5 Å². The smallest absolute Gasteiger partial charge is 0.277 e. The maximum absolute atomic E-state index is 12.0. The minimum Gasteiger partial charge on any atom is -0.496 e. The molecule has 1 aromatic heterocycles. The van der Waals surface area contributed by atoms with Crippen LogP contribution in [0, 0.1) is 24.0 Å². The lowest BCUT2D eigenvalue weighted by molar-refractivity contribution is -0.384. The van der Waals surface area contributed by atoms with E-state index in [1.54, 1.807) is 12.1 Å². The Hall–Kier alpha value is -4.14. The number of para-hydroxylation sites is 1. The highest BCUT2D eigenvalue weighted by Gasteiger charge is 2.15. The highest BCUT2D eigenvalue weighted by molar-refractivity contribution is 5.82. The van der Waals surface area contributed by atoms with E-state index in [2.05, 4.69) is 10.5 Å². The van der Waals surface area contributed by atoms with Gasteiger partial charge in [-0.3, -0.25) is 14.9 Å². The lowest BCUT2D eigenvalue weighted by Crippen LogP contribution is -2.24. The number of hydrazone groups is 1. The van der Waals surface area contributed by atoms with Gasteiger partial charge in [-0.25, -0.2) is 5.43 Å². The second kappa shape index (κ2) is 9.57. The Balaban J connectivity index is 1.63. The molecule has 2 aromatic carbocycles. The molecule has 0 bridgehead atoms. The maximum Gasteiger partial charge on any atom is 0.277 e. The molecule has 9 nitrogen and oxygen atoms in total. The van der Waals surface area contributed by atoms with E-state index in [9.17, 15) is 14.9 Å². The number of amides is 1. The monoisotopic (exact) mass is 423 g/mol. The molecule has 3 aromatic rings. The number of non-ortho nitro benzene ring substituents is 1. The van der Waals surface area contributed by atoms with Crippen LogP contribution in [0.25, 0.3) is 11.3 Å². The third-order valence-corrected chi connectivity index (χ3v) is 4.42. The summed E-state index contributed by atoms with van der Waals surface area (Å²) in [4.78, 5) is 22.5. The largest absolute Gasteiger partial charge is 0.496 e. The molecule has 1 amide bonds. The maximum atomic E-state index is 12.0. The zero-order chi connectivity index (χ0) is 22.4. The number of nitrogens with one attached hydrogen (secondary N) is 1. The van der Waals surface area contributed by atoms with E-state index in [-0.39, 0.29) is 12.3 Å². The molecule has 160 valence electrons. The standard InChI is InChI=1S/C22H21N3O6/c1-14-5-4-6-15(2)22(14)30-13-21(26)24-23-12-17-8-10-20(31-17)18-11-16(25(27)28)7-9-19(18)29-3/h4-12H,13H2,1-3H3,(H,24,26)/b23-12-. The van der Waals surface area contributed by atoms with E-state index in [1.807, 2.05) is 32.0 Å². The zero-order valence-corrected chi connectivity index (χ0v) is 17.2. The molecule has 9 heteroatoms. The summed E-state index contributed by atoms with van der Waals surface area (Å²) >= 11 is 0. The van der Waals surface area contributed by atoms with E-state index in [4.69, 9.17) is 13.9 Å². The highest BCUT2D eigenvalue weighted by atomic mass is 16.6. The molecule has 1 heterocycles. The minimum absolute atomic E-state index is 0.0847. The Morgan fingerprint density at radius 1 is 1.19 bits per heavy atom. The summed E-state index contributed by atoms with van der Waals surface area (Å²) < 4.78 is 16.5. The molecule has 0 spiro atoms. The first-order valence-electron chi connectivity index (χ1n) is 9.32. The number of carbonyl (C=O) groups is 1. The summed E-state index contributed by atoms with van der Waals surface area (Å²) in [7, 11) is 1.46. The van der Waals surface area contributed by atoms with Crippen LogP contribution in [-0.4, -0.2) is 30.8 Å². The molecule has 1 N–H and O–H groups in total. The lowest BCUT2D eigenvalue weighted by Gasteiger charge is -2.10. The number of aryl methyl sites for hydroxylation is 2. The molecule has 0 aliphatic heterocycles. The Labute approximate surface area is 178 Å². The summed E-state index contributed by atoms with van der Waals surface area (Å²) in [6.07, 6.45) is 1.32. The van der Waals surface area contributed by atoms with Gasteiger partial charge >= 0.3 is 0 Å². The van der Waals surface area contributed by atoms with Gasteiger partial charge in [-0.2, -0.15) is 5.10 Å². The van der Waals surface area contributed by atoms with Crippen molar-refractivity contribution in [2.75, 3.05) is 13.7 Å². The third kappa shape index (κ3) is 5.27. The number of ether oxygens (including phenoxy) is 2. The molecule has 0 aliphatic rings. The first-order chi connectivity index (χ1) is 14.9. The molecule has 0 radical (unpaired) electrons. The van der Waals surface area contributed by atoms with Crippen molar-refractivity contribution in [3.8, 4) is 22.8 Å². The van der Waals surface area contributed by atoms with Crippen molar-refractivity contribution in [1.29, 1.82) is 0 Å². The van der Waals surface area contributed by atoms with Gasteiger partial charge in [0.25, 0.3) is 11.6 Å². The van der Waals surface area contributed by atoms with Gasteiger partial charge in [-0.05, 0) is 43.2 Å². The van der Waals surface area contributed by atoms with Gasteiger partial charge in [0.15, 0.2) is 6.61 Å². The molecule has 0 saturated carbocycles. The van der Waals surface area contributed by atoms with Gasteiger partial charge in [0.05, 0.1) is 23.8 Å². The normalized spacial score (nSPS) is 10.8. The summed E-state index contributed by atoms with van der Waals surface area (Å²) in [5, 5.41) is 14.9. The van der Waals surface area contributed by atoms with E-state index < -0.39 is 10.8 Å². The fourth-order valence-electron chi connectivity index (χ4n) is 2.93. The number of benzene rings is 2. The third-order valence-electron chi connectivity index (χ3n) is 4.42. The Morgan fingerprint density at radius 3 is 2.61 bits per heavy atom. The van der Waals surface area contributed by atoms with Gasteiger partial charge < -0.3 is 13.9 Å². The number of furan rings is 1. The van der Waals surface area contributed by atoms with Crippen molar-refractivity contribution in [2.24, 2.45) is 5.10 Å². The summed E-state index contributed by atoms with van der Waals surface area (Å²) in [5.41, 5.74) is 4.60. The number of hydrogen-bond donors (Lipinski definition) is 1.